The maximum atomic E-state index is 13.3. The van der Waals surface area contributed by atoms with Gasteiger partial charge in [-0.05, 0) is 24.3 Å². The van der Waals surface area contributed by atoms with Gasteiger partial charge in [-0.3, -0.25) is 4.79 Å². The van der Waals surface area contributed by atoms with Crippen LogP contribution in [-0.2, 0) is 4.79 Å². The van der Waals surface area contributed by atoms with Crippen LogP contribution in [0, 0.1) is 17.1 Å². The largest absolute Gasteiger partial charge is 0.481 e. The molecule has 0 bridgehead atoms. The van der Waals surface area contributed by atoms with Crippen LogP contribution >= 0.6 is 0 Å². The maximum absolute atomic E-state index is 13.3. The molecule has 6 heteroatoms. The molecule has 0 aliphatic carbocycles. The molecule has 1 atom stereocenters. The molecule has 0 aliphatic heterocycles. The number of hydrogen-bond donors (Lipinski definition) is 1. The van der Waals surface area contributed by atoms with E-state index in [2.05, 4.69) is 5.32 Å². The van der Waals surface area contributed by atoms with Crippen LogP contribution in [0.1, 0.15) is 11.8 Å². The Kier molecular flexibility index (Phi) is 4.35. The summed E-state index contributed by atoms with van der Waals surface area (Å²) < 4.78 is 23.3. The first-order chi connectivity index (χ1) is 9.70. The Balaban J connectivity index is 1.90. The number of carbonyl (C=O) groups excluding carboxylic acids is 1. The number of hydrogen-bond acceptors (Lipinski definition) is 4. The predicted molar refractivity (Wildman–Crippen MR) is 67.1 cm³/mol. The highest BCUT2D eigenvalue weighted by atomic mass is 19.1. The van der Waals surface area contributed by atoms with Gasteiger partial charge in [-0.15, -0.1) is 0 Å². The van der Waals surface area contributed by atoms with Gasteiger partial charge in [0, 0.05) is 0 Å². The molecule has 1 amide bonds. The van der Waals surface area contributed by atoms with E-state index in [0.717, 1.165) is 0 Å². The normalized spacial score (nSPS) is 11.4. The number of nitrogens with zero attached hydrogens (tertiary/aromatic N) is 1. The quantitative estimate of drug-likeness (QED) is 0.906. The fraction of sp³-hybridized carbons (Fsp3) is 0.143. The van der Waals surface area contributed by atoms with Gasteiger partial charge in [0.05, 0.1) is 12.3 Å². The molecule has 0 spiro atoms. The van der Waals surface area contributed by atoms with Crippen molar-refractivity contribution >= 4 is 5.91 Å². The minimum absolute atomic E-state index is 0.0193. The summed E-state index contributed by atoms with van der Waals surface area (Å²) in [5.41, 5.74) is 0. The topological polar surface area (TPSA) is 75.3 Å². The van der Waals surface area contributed by atoms with Crippen LogP contribution < -0.4 is 10.1 Å². The summed E-state index contributed by atoms with van der Waals surface area (Å²) in [6.45, 7) is -0.389. The van der Waals surface area contributed by atoms with Gasteiger partial charge in [-0.25, -0.2) is 4.39 Å². The summed E-state index contributed by atoms with van der Waals surface area (Å²) in [5.74, 6) is -0.791. The van der Waals surface area contributed by atoms with Crippen LogP contribution in [0.25, 0.3) is 0 Å². The number of furan rings is 1. The molecule has 1 aromatic heterocycles. The van der Waals surface area contributed by atoms with Gasteiger partial charge < -0.3 is 14.5 Å². The molecule has 1 aromatic carbocycles. The van der Waals surface area contributed by atoms with Crippen molar-refractivity contribution in [3.8, 4) is 11.8 Å². The van der Waals surface area contributed by atoms with Crippen LogP contribution in [0.5, 0.6) is 5.75 Å². The van der Waals surface area contributed by atoms with Gasteiger partial charge in [0.2, 0.25) is 0 Å². The fourth-order valence-electron chi connectivity index (χ4n) is 1.53. The van der Waals surface area contributed by atoms with Gasteiger partial charge in [0.25, 0.3) is 5.91 Å². The van der Waals surface area contributed by atoms with E-state index < -0.39 is 17.8 Å². The molecule has 0 saturated heterocycles. The highest BCUT2D eigenvalue weighted by Gasteiger charge is 2.16. The molecule has 0 saturated carbocycles. The highest BCUT2D eigenvalue weighted by Crippen LogP contribution is 2.15. The number of amides is 1. The van der Waals surface area contributed by atoms with Gasteiger partial charge in [-0.1, -0.05) is 12.1 Å². The molecule has 1 N–H and O–H groups in total. The number of halogens is 1. The van der Waals surface area contributed by atoms with Crippen LogP contribution in [0.4, 0.5) is 4.39 Å². The molecule has 0 radical (unpaired) electrons. The van der Waals surface area contributed by atoms with Crippen molar-refractivity contribution in [1.82, 2.24) is 5.32 Å². The Morgan fingerprint density at radius 3 is 2.85 bits per heavy atom. The van der Waals surface area contributed by atoms with E-state index >= 15 is 0 Å². The first kappa shape index (κ1) is 13.6. The number of benzene rings is 1. The summed E-state index contributed by atoms with van der Waals surface area (Å²) in [4.78, 5) is 11.6. The van der Waals surface area contributed by atoms with E-state index in [9.17, 15) is 9.18 Å². The van der Waals surface area contributed by atoms with Gasteiger partial charge in [0.15, 0.2) is 24.2 Å². The lowest BCUT2D eigenvalue weighted by atomic mass is 10.2. The zero-order valence-electron chi connectivity index (χ0n) is 10.4. The lowest BCUT2D eigenvalue weighted by Gasteiger charge is -2.10. The standard InChI is InChI=1S/C14H11FN2O3/c15-10-4-1-2-5-12(10)20-9-14(18)17-11(8-16)13-6-3-7-19-13/h1-7,11H,9H2,(H,17,18). The third-order valence-electron chi connectivity index (χ3n) is 2.46. The molecule has 2 rings (SSSR count). The molecule has 0 fully saturated rings. The Morgan fingerprint density at radius 1 is 1.40 bits per heavy atom. The van der Waals surface area contributed by atoms with Gasteiger partial charge >= 0.3 is 0 Å². The van der Waals surface area contributed by atoms with Crippen molar-refractivity contribution in [2.75, 3.05) is 6.61 Å². The molecule has 1 heterocycles. The van der Waals surface area contributed by atoms with E-state index in [-0.39, 0.29) is 12.4 Å². The summed E-state index contributed by atoms with van der Waals surface area (Å²) in [6.07, 6.45) is 1.40. The van der Waals surface area contributed by atoms with Gasteiger partial charge in [0.1, 0.15) is 5.76 Å². The highest BCUT2D eigenvalue weighted by molar-refractivity contribution is 5.78. The number of nitriles is 1. The van der Waals surface area contributed by atoms with Crippen molar-refractivity contribution in [2.24, 2.45) is 0 Å². The molecular weight excluding hydrogens is 263 g/mol. The van der Waals surface area contributed by atoms with Crippen LogP contribution in [-0.4, -0.2) is 12.5 Å². The lowest BCUT2D eigenvalue weighted by molar-refractivity contribution is -0.123. The smallest absolute Gasteiger partial charge is 0.259 e. The lowest BCUT2D eigenvalue weighted by Crippen LogP contribution is -2.31. The summed E-state index contributed by atoms with van der Waals surface area (Å²) >= 11 is 0. The number of ether oxygens (including phenoxy) is 1. The first-order valence-electron chi connectivity index (χ1n) is 5.80. The SMILES string of the molecule is N#CC(NC(=O)COc1ccccc1F)c1ccco1. The molecule has 0 aliphatic rings. The van der Waals surface area contributed by atoms with Crippen molar-refractivity contribution in [1.29, 1.82) is 5.26 Å². The molecule has 1 unspecified atom stereocenters. The number of rotatable bonds is 5. The van der Waals surface area contributed by atoms with Crippen LogP contribution in [0.2, 0.25) is 0 Å². The third kappa shape index (κ3) is 3.36. The summed E-state index contributed by atoms with van der Waals surface area (Å²) in [6, 6.07) is 9.93. The van der Waals surface area contributed by atoms with E-state index in [4.69, 9.17) is 14.4 Å². The van der Waals surface area contributed by atoms with Crippen molar-refractivity contribution in [3.05, 3.63) is 54.2 Å². The Hall–Kier alpha value is -2.81. The monoisotopic (exact) mass is 274 g/mol. The van der Waals surface area contributed by atoms with E-state index in [1.165, 1.54) is 24.5 Å². The number of carbonyl (C=O) groups is 1. The molecule has 2 aromatic rings. The van der Waals surface area contributed by atoms with Crippen molar-refractivity contribution < 1.29 is 18.3 Å². The fourth-order valence-corrected chi connectivity index (χ4v) is 1.53. The van der Waals surface area contributed by atoms with Crippen LogP contribution in [0.15, 0.2) is 47.1 Å². The summed E-state index contributed by atoms with van der Waals surface area (Å²) in [5, 5.41) is 11.4. The zero-order chi connectivity index (χ0) is 14.4. The molecule has 5 nitrogen and oxygen atoms in total. The number of para-hydroxylation sites is 1. The maximum Gasteiger partial charge on any atom is 0.259 e. The minimum Gasteiger partial charge on any atom is -0.481 e. The van der Waals surface area contributed by atoms with Gasteiger partial charge in [-0.2, -0.15) is 5.26 Å². The predicted octanol–water partition coefficient (Wildman–Crippen LogP) is 2.18. The molecule has 102 valence electrons. The van der Waals surface area contributed by atoms with Crippen molar-refractivity contribution in [2.45, 2.75) is 6.04 Å². The Bertz CT molecular complexity index is 620. The van der Waals surface area contributed by atoms with E-state index in [0.29, 0.717) is 5.76 Å². The third-order valence-corrected chi connectivity index (χ3v) is 2.46. The number of nitrogens with one attached hydrogen (secondary N) is 1. The zero-order valence-corrected chi connectivity index (χ0v) is 10.4. The average molecular weight is 274 g/mol. The van der Waals surface area contributed by atoms with E-state index in [1.54, 1.807) is 18.2 Å². The second kappa shape index (κ2) is 6.38. The van der Waals surface area contributed by atoms with Crippen molar-refractivity contribution in [3.63, 3.8) is 0 Å². The van der Waals surface area contributed by atoms with Crippen LogP contribution in [0.3, 0.4) is 0 Å². The summed E-state index contributed by atoms with van der Waals surface area (Å²) in [7, 11) is 0. The molecule has 20 heavy (non-hydrogen) atoms. The second-order valence-corrected chi connectivity index (χ2v) is 3.86. The minimum atomic E-state index is -0.901. The second-order valence-electron chi connectivity index (χ2n) is 3.86. The average Bonchev–Trinajstić information content (AvgIpc) is 2.98. The van der Waals surface area contributed by atoms with E-state index in [1.807, 2.05) is 6.07 Å². The Labute approximate surface area is 114 Å². The first-order valence-corrected chi connectivity index (χ1v) is 5.80. The molecular formula is C14H11FN2O3. The Morgan fingerprint density at radius 2 is 2.20 bits per heavy atom.